The van der Waals surface area contributed by atoms with Gasteiger partial charge in [-0.2, -0.15) is 0 Å². The first-order valence-electron chi connectivity index (χ1n) is 7.94. The van der Waals surface area contributed by atoms with E-state index < -0.39 is 12.0 Å². The van der Waals surface area contributed by atoms with Crippen molar-refractivity contribution >= 4 is 23.6 Å². The molecule has 0 aliphatic rings. The van der Waals surface area contributed by atoms with Gasteiger partial charge in [-0.05, 0) is 36.2 Å². The lowest BCUT2D eigenvalue weighted by molar-refractivity contribution is -0.142. The fraction of sp³-hybridized carbons (Fsp3) is 0.263. The number of rotatable bonds is 8. The summed E-state index contributed by atoms with van der Waals surface area (Å²) in [5.74, 6) is -0.761. The lowest BCUT2D eigenvalue weighted by Gasteiger charge is -2.19. The van der Waals surface area contributed by atoms with Crippen LogP contribution in [0.1, 0.15) is 24.9 Å². The van der Waals surface area contributed by atoms with E-state index in [9.17, 15) is 14.7 Å². The molecule has 2 atom stereocenters. The number of amides is 1. The van der Waals surface area contributed by atoms with E-state index in [1.165, 1.54) is 18.9 Å². The summed E-state index contributed by atoms with van der Waals surface area (Å²) in [5.41, 5.74) is 0.501. The first kappa shape index (κ1) is 18.9. The van der Waals surface area contributed by atoms with Crippen LogP contribution in [0, 0.1) is 0 Å². The maximum Gasteiger partial charge on any atom is 0.330 e. The Morgan fingerprint density at radius 1 is 1.12 bits per heavy atom. The predicted octanol–water partition coefficient (Wildman–Crippen LogP) is 3.51. The average molecular weight is 359 g/mol. The number of benzene rings is 2. The molecule has 2 aromatic rings. The molecule has 0 aliphatic heterocycles. The number of carbonyl (C=O) groups excluding carboxylic acids is 1. The van der Waals surface area contributed by atoms with Crippen molar-refractivity contribution in [3.63, 3.8) is 0 Å². The minimum absolute atomic E-state index is 0.292. The van der Waals surface area contributed by atoms with Crippen molar-refractivity contribution < 1.29 is 19.4 Å². The van der Waals surface area contributed by atoms with E-state index in [0.29, 0.717) is 17.7 Å². The summed E-state index contributed by atoms with van der Waals surface area (Å²) in [5, 5.41) is 11.8. The first-order valence-corrected chi connectivity index (χ1v) is 8.82. The standard InChI is InChI=1S/C19H21NO4S/c1-3-16(25-15-7-5-4-6-8-15)18(21)20-17(19(22)23)13-9-11-14(24-2)12-10-13/h4-12,16-17H,3H2,1-2H3,(H,20,21)(H,22,23). The van der Waals surface area contributed by atoms with Crippen LogP contribution in [0.4, 0.5) is 0 Å². The molecule has 0 radical (unpaired) electrons. The molecule has 0 aliphatic carbocycles. The summed E-state index contributed by atoms with van der Waals surface area (Å²) in [6, 6.07) is 15.1. The Kier molecular flexibility index (Phi) is 6.89. The monoisotopic (exact) mass is 359 g/mol. The summed E-state index contributed by atoms with van der Waals surface area (Å²) in [7, 11) is 1.54. The molecular formula is C19H21NO4S. The zero-order chi connectivity index (χ0) is 18.2. The first-order chi connectivity index (χ1) is 12.0. The zero-order valence-corrected chi connectivity index (χ0v) is 15.0. The van der Waals surface area contributed by atoms with E-state index in [2.05, 4.69) is 5.32 Å². The second kappa shape index (κ2) is 9.13. The number of hydrogen-bond acceptors (Lipinski definition) is 4. The second-order valence-electron chi connectivity index (χ2n) is 5.38. The number of carboxylic acid groups (broad SMARTS) is 1. The molecule has 2 N–H and O–H groups in total. The van der Waals surface area contributed by atoms with Crippen LogP contribution in [0.15, 0.2) is 59.5 Å². The number of aliphatic carboxylic acids is 1. The predicted molar refractivity (Wildman–Crippen MR) is 97.9 cm³/mol. The summed E-state index contributed by atoms with van der Waals surface area (Å²) >= 11 is 1.43. The molecule has 2 unspecified atom stereocenters. The molecule has 6 heteroatoms. The van der Waals surface area contributed by atoms with Crippen molar-refractivity contribution in [2.24, 2.45) is 0 Å². The van der Waals surface area contributed by atoms with Gasteiger partial charge in [-0.15, -0.1) is 11.8 Å². The summed E-state index contributed by atoms with van der Waals surface area (Å²) in [6.45, 7) is 1.91. The topological polar surface area (TPSA) is 75.6 Å². The number of ether oxygens (including phenoxy) is 1. The smallest absolute Gasteiger partial charge is 0.330 e. The van der Waals surface area contributed by atoms with Crippen LogP contribution in [-0.4, -0.2) is 29.3 Å². The fourth-order valence-corrected chi connectivity index (χ4v) is 3.29. The number of nitrogens with one attached hydrogen (secondary N) is 1. The van der Waals surface area contributed by atoms with Gasteiger partial charge in [-0.1, -0.05) is 37.3 Å². The third-order valence-electron chi connectivity index (χ3n) is 3.67. The number of carbonyl (C=O) groups is 2. The van der Waals surface area contributed by atoms with Crippen LogP contribution in [0.2, 0.25) is 0 Å². The molecule has 2 aromatic carbocycles. The van der Waals surface area contributed by atoms with Crippen molar-refractivity contribution in [3.05, 3.63) is 60.2 Å². The average Bonchev–Trinajstić information content (AvgIpc) is 2.64. The number of methoxy groups -OCH3 is 1. The Balaban J connectivity index is 2.11. The summed E-state index contributed by atoms with van der Waals surface area (Å²) in [4.78, 5) is 25.1. The molecule has 5 nitrogen and oxygen atoms in total. The molecule has 1 amide bonds. The number of hydrogen-bond donors (Lipinski definition) is 2. The quantitative estimate of drug-likeness (QED) is 0.706. The highest BCUT2D eigenvalue weighted by atomic mass is 32.2. The molecule has 0 aromatic heterocycles. The maximum absolute atomic E-state index is 12.6. The van der Waals surface area contributed by atoms with E-state index >= 15 is 0 Å². The maximum atomic E-state index is 12.6. The van der Waals surface area contributed by atoms with Gasteiger partial charge in [0.15, 0.2) is 6.04 Å². The lowest BCUT2D eigenvalue weighted by atomic mass is 10.1. The van der Waals surface area contributed by atoms with Gasteiger partial charge in [-0.3, -0.25) is 4.79 Å². The summed E-state index contributed by atoms with van der Waals surface area (Å²) in [6.07, 6.45) is 0.598. The number of thioether (sulfide) groups is 1. The van der Waals surface area contributed by atoms with E-state index in [-0.39, 0.29) is 11.2 Å². The van der Waals surface area contributed by atoms with Crippen LogP contribution in [0.5, 0.6) is 5.75 Å². The highest BCUT2D eigenvalue weighted by Gasteiger charge is 2.26. The van der Waals surface area contributed by atoms with Gasteiger partial charge in [0, 0.05) is 4.90 Å². The highest BCUT2D eigenvalue weighted by molar-refractivity contribution is 8.00. The van der Waals surface area contributed by atoms with Crippen molar-refractivity contribution in [1.29, 1.82) is 0 Å². The Bertz CT molecular complexity index is 703. The van der Waals surface area contributed by atoms with Gasteiger partial charge < -0.3 is 15.2 Å². The molecule has 25 heavy (non-hydrogen) atoms. The van der Waals surface area contributed by atoms with Gasteiger partial charge in [0.05, 0.1) is 12.4 Å². The second-order valence-corrected chi connectivity index (χ2v) is 6.66. The van der Waals surface area contributed by atoms with Crippen molar-refractivity contribution in [2.75, 3.05) is 7.11 Å². The Morgan fingerprint density at radius 3 is 2.28 bits per heavy atom. The van der Waals surface area contributed by atoms with Crippen LogP contribution >= 0.6 is 11.8 Å². The SMILES string of the molecule is CCC(Sc1ccccc1)C(=O)NC(C(=O)O)c1ccc(OC)cc1. The van der Waals surface area contributed by atoms with Gasteiger partial charge in [0.1, 0.15) is 5.75 Å². The van der Waals surface area contributed by atoms with Crippen LogP contribution in [-0.2, 0) is 9.59 Å². The molecule has 0 saturated carbocycles. The Morgan fingerprint density at radius 2 is 1.76 bits per heavy atom. The third-order valence-corrected chi connectivity index (χ3v) is 5.04. The molecular weight excluding hydrogens is 338 g/mol. The molecule has 132 valence electrons. The Labute approximate surface area is 151 Å². The lowest BCUT2D eigenvalue weighted by Crippen LogP contribution is -2.38. The van der Waals surface area contributed by atoms with Crippen molar-refractivity contribution in [1.82, 2.24) is 5.32 Å². The normalized spacial score (nSPS) is 12.9. The molecule has 0 saturated heterocycles. The van der Waals surface area contributed by atoms with Gasteiger partial charge in [-0.25, -0.2) is 4.79 Å². The number of carboxylic acids is 1. The Hall–Kier alpha value is -2.47. The summed E-state index contributed by atoms with van der Waals surface area (Å²) < 4.78 is 5.07. The van der Waals surface area contributed by atoms with E-state index in [4.69, 9.17) is 4.74 Å². The third kappa shape index (κ3) is 5.26. The van der Waals surface area contributed by atoms with Crippen LogP contribution < -0.4 is 10.1 Å². The molecule has 0 heterocycles. The zero-order valence-electron chi connectivity index (χ0n) is 14.1. The van der Waals surface area contributed by atoms with Crippen LogP contribution in [0.3, 0.4) is 0 Å². The van der Waals surface area contributed by atoms with Gasteiger partial charge in [0.25, 0.3) is 0 Å². The van der Waals surface area contributed by atoms with E-state index in [1.807, 2.05) is 37.3 Å². The van der Waals surface area contributed by atoms with Crippen molar-refractivity contribution in [2.45, 2.75) is 29.5 Å². The minimum atomic E-state index is -1.10. The van der Waals surface area contributed by atoms with E-state index in [0.717, 1.165) is 4.90 Å². The molecule has 0 spiro atoms. The minimum Gasteiger partial charge on any atom is -0.497 e. The van der Waals surface area contributed by atoms with Crippen LogP contribution in [0.25, 0.3) is 0 Å². The molecule has 0 bridgehead atoms. The molecule has 0 fully saturated rings. The largest absolute Gasteiger partial charge is 0.497 e. The van der Waals surface area contributed by atoms with Gasteiger partial charge in [0.2, 0.25) is 5.91 Å². The van der Waals surface area contributed by atoms with Crippen molar-refractivity contribution in [3.8, 4) is 5.75 Å². The highest BCUT2D eigenvalue weighted by Crippen LogP contribution is 2.26. The van der Waals surface area contributed by atoms with E-state index in [1.54, 1.807) is 24.3 Å². The fourth-order valence-electron chi connectivity index (χ4n) is 2.30. The van der Waals surface area contributed by atoms with Gasteiger partial charge >= 0.3 is 5.97 Å². The molecule has 2 rings (SSSR count).